The summed E-state index contributed by atoms with van der Waals surface area (Å²) in [6.07, 6.45) is 0.528. The second kappa shape index (κ2) is 9.83. The molecule has 1 N–H and O–H groups in total. The van der Waals surface area contributed by atoms with Gasteiger partial charge in [0, 0.05) is 18.7 Å². The standard InChI is InChI=1S/C27H28N2O4S/c1-19-15-20(2)26-22(16-19)17-23(27(30)28-26)18-29(14-13-21-7-5-4-6-8-21)34(31,32)25-11-9-24(33-3)10-12-25/h4-12,15-17H,13-14,18H2,1-3H3,(H,28,30). The fourth-order valence-corrected chi connectivity index (χ4v) is 5.54. The van der Waals surface area contributed by atoms with E-state index < -0.39 is 10.0 Å². The molecule has 34 heavy (non-hydrogen) atoms. The number of pyridine rings is 1. The summed E-state index contributed by atoms with van der Waals surface area (Å²) in [6, 6.07) is 21.8. The molecule has 0 bridgehead atoms. The van der Waals surface area contributed by atoms with Gasteiger partial charge in [-0.05, 0) is 73.2 Å². The van der Waals surface area contributed by atoms with Crippen LogP contribution >= 0.6 is 0 Å². The highest BCUT2D eigenvalue weighted by Crippen LogP contribution is 2.23. The first-order chi connectivity index (χ1) is 16.3. The number of rotatable bonds is 8. The quantitative estimate of drug-likeness (QED) is 0.404. The number of ether oxygens (including phenoxy) is 1. The fraction of sp³-hybridized carbons (Fsp3) is 0.222. The summed E-state index contributed by atoms with van der Waals surface area (Å²) >= 11 is 0. The van der Waals surface area contributed by atoms with Crippen molar-refractivity contribution in [1.82, 2.24) is 9.29 Å². The lowest BCUT2D eigenvalue weighted by Gasteiger charge is -2.22. The predicted octanol–water partition coefficient (Wildman–Crippen LogP) is 4.59. The third kappa shape index (κ3) is 5.05. The molecular formula is C27H28N2O4S. The first-order valence-electron chi connectivity index (χ1n) is 11.1. The van der Waals surface area contributed by atoms with Gasteiger partial charge in [0.25, 0.3) is 5.56 Å². The van der Waals surface area contributed by atoms with E-state index in [0.29, 0.717) is 17.7 Å². The number of H-pyrrole nitrogens is 1. The number of hydrogen-bond acceptors (Lipinski definition) is 4. The molecule has 0 saturated carbocycles. The van der Waals surface area contributed by atoms with Crippen molar-refractivity contribution in [2.45, 2.75) is 31.7 Å². The van der Waals surface area contributed by atoms with Gasteiger partial charge in [0.05, 0.1) is 17.5 Å². The lowest BCUT2D eigenvalue weighted by Crippen LogP contribution is -2.34. The summed E-state index contributed by atoms with van der Waals surface area (Å²) in [6.45, 7) is 4.16. The van der Waals surface area contributed by atoms with Crippen LogP contribution in [-0.4, -0.2) is 31.4 Å². The van der Waals surface area contributed by atoms with E-state index >= 15 is 0 Å². The van der Waals surface area contributed by atoms with Crippen LogP contribution in [0.3, 0.4) is 0 Å². The van der Waals surface area contributed by atoms with Gasteiger partial charge in [-0.15, -0.1) is 0 Å². The van der Waals surface area contributed by atoms with Crippen LogP contribution in [0.15, 0.2) is 82.5 Å². The van der Waals surface area contributed by atoms with Gasteiger partial charge in [-0.2, -0.15) is 4.31 Å². The molecule has 4 rings (SSSR count). The highest BCUT2D eigenvalue weighted by atomic mass is 32.2. The van der Waals surface area contributed by atoms with Crippen LogP contribution in [0.1, 0.15) is 22.3 Å². The topological polar surface area (TPSA) is 79.5 Å². The second-order valence-corrected chi connectivity index (χ2v) is 10.4. The number of hydrogen-bond donors (Lipinski definition) is 1. The van der Waals surface area contributed by atoms with Gasteiger partial charge in [-0.3, -0.25) is 4.79 Å². The molecule has 1 heterocycles. The molecule has 0 saturated heterocycles. The Labute approximate surface area is 199 Å². The van der Waals surface area contributed by atoms with E-state index in [1.807, 2.05) is 56.3 Å². The van der Waals surface area contributed by atoms with Gasteiger partial charge in [0.15, 0.2) is 0 Å². The Morgan fingerprint density at radius 1 is 0.941 bits per heavy atom. The molecule has 0 aliphatic carbocycles. The molecule has 6 nitrogen and oxygen atoms in total. The van der Waals surface area contributed by atoms with Crippen molar-refractivity contribution in [3.05, 3.63) is 105 Å². The molecule has 4 aromatic rings. The summed E-state index contributed by atoms with van der Waals surface area (Å²) < 4.78 is 33.8. The van der Waals surface area contributed by atoms with E-state index in [-0.39, 0.29) is 23.5 Å². The van der Waals surface area contributed by atoms with Crippen molar-refractivity contribution in [3.63, 3.8) is 0 Å². The SMILES string of the molecule is COc1ccc(S(=O)(=O)N(CCc2ccccc2)Cc2cc3cc(C)cc(C)c3[nH]c2=O)cc1. The Morgan fingerprint density at radius 2 is 1.65 bits per heavy atom. The Balaban J connectivity index is 1.73. The summed E-state index contributed by atoms with van der Waals surface area (Å²) in [5.41, 5.74) is 3.97. The normalized spacial score (nSPS) is 11.8. The molecule has 0 aliphatic heterocycles. The first kappa shape index (κ1) is 23.7. The number of sulfonamides is 1. The summed E-state index contributed by atoms with van der Waals surface area (Å²) in [5, 5.41) is 0.886. The van der Waals surface area contributed by atoms with Crippen LogP contribution in [-0.2, 0) is 23.0 Å². The van der Waals surface area contributed by atoms with Crippen LogP contribution in [0, 0.1) is 13.8 Å². The number of methoxy groups -OCH3 is 1. The van der Waals surface area contributed by atoms with Gasteiger partial charge in [0.2, 0.25) is 10.0 Å². The van der Waals surface area contributed by atoms with Gasteiger partial charge in [-0.25, -0.2) is 8.42 Å². The van der Waals surface area contributed by atoms with Crippen molar-refractivity contribution in [2.75, 3.05) is 13.7 Å². The largest absolute Gasteiger partial charge is 0.497 e. The minimum absolute atomic E-state index is 0.0283. The molecule has 0 amide bonds. The van der Waals surface area contributed by atoms with Crippen molar-refractivity contribution >= 4 is 20.9 Å². The number of nitrogens with zero attached hydrogens (tertiary/aromatic N) is 1. The minimum atomic E-state index is -3.86. The third-order valence-corrected chi connectivity index (χ3v) is 7.77. The number of fused-ring (bicyclic) bond motifs is 1. The maximum absolute atomic E-state index is 13.6. The van der Waals surface area contributed by atoms with Gasteiger partial charge >= 0.3 is 0 Å². The lowest BCUT2D eigenvalue weighted by atomic mass is 10.1. The Morgan fingerprint density at radius 3 is 2.32 bits per heavy atom. The molecule has 0 fully saturated rings. The number of aryl methyl sites for hydroxylation is 2. The average molecular weight is 477 g/mol. The number of aromatic amines is 1. The predicted molar refractivity (Wildman–Crippen MR) is 135 cm³/mol. The van der Waals surface area contributed by atoms with E-state index in [0.717, 1.165) is 27.6 Å². The van der Waals surface area contributed by atoms with Crippen LogP contribution < -0.4 is 10.3 Å². The third-order valence-electron chi connectivity index (χ3n) is 5.91. The molecule has 0 spiro atoms. The molecule has 3 aromatic carbocycles. The average Bonchev–Trinajstić information content (AvgIpc) is 2.83. The number of aromatic nitrogens is 1. The van der Waals surface area contributed by atoms with E-state index in [9.17, 15) is 13.2 Å². The molecular weight excluding hydrogens is 448 g/mol. The Hall–Kier alpha value is -3.42. The zero-order valence-corrected chi connectivity index (χ0v) is 20.4. The number of benzene rings is 3. The monoisotopic (exact) mass is 476 g/mol. The fourth-order valence-electron chi connectivity index (χ4n) is 4.12. The molecule has 176 valence electrons. The summed E-state index contributed by atoms with van der Waals surface area (Å²) in [4.78, 5) is 16.0. The van der Waals surface area contributed by atoms with Crippen LogP contribution in [0.4, 0.5) is 0 Å². The highest BCUT2D eigenvalue weighted by Gasteiger charge is 2.26. The molecule has 7 heteroatoms. The minimum Gasteiger partial charge on any atom is -0.497 e. The smallest absolute Gasteiger partial charge is 0.252 e. The molecule has 0 unspecified atom stereocenters. The summed E-state index contributed by atoms with van der Waals surface area (Å²) in [7, 11) is -2.32. The van der Waals surface area contributed by atoms with Crippen LogP contribution in [0.25, 0.3) is 10.9 Å². The summed E-state index contributed by atoms with van der Waals surface area (Å²) in [5.74, 6) is 0.575. The van der Waals surface area contributed by atoms with E-state index in [1.165, 1.54) is 23.5 Å². The molecule has 1 aromatic heterocycles. The van der Waals surface area contributed by atoms with Crippen molar-refractivity contribution < 1.29 is 13.2 Å². The van der Waals surface area contributed by atoms with Crippen LogP contribution in [0.2, 0.25) is 0 Å². The van der Waals surface area contributed by atoms with Gasteiger partial charge in [-0.1, -0.05) is 42.0 Å². The maximum Gasteiger partial charge on any atom is 0.252 e. The highest BCUT2D eigenvalue weighted by molar-refractivity contribution is 7.89. The van der Waals surface area contributed by atoms with Gasteiger partial charge < -0.3 is 9.72 Å². The number of nitrogens with one attached hydrogen (secondary N) is 1. The Bertz CT molecular complexity index is 1460. The molecule has 0 atom stereocenters. The molecule has 0 aliphatic rings. The van der Waals surface area contributed by atoms with Crippen molar-refractivity contribution in [2.24, 2.45) is 0 Å². The van der Waals surface area contributed by atoms with E-state index in [4.69, 9.17) is 4.74 Å². The zero-order chi connectivity index (χ0) is 24.3. The maximum atomic E-state index is 13.6. The Kier molecular flexibility index (Phi) is 6.86. The van der Waals surface area contributed by atoms with Gasteiger partial charge in [0.1, 0.15) is 5.75 Å². The lowest BCUT2D eigenvalue weighted by molar-refractivity contribution is 0.406. The van der Waals surface area contributed by atoms with E-state index in [2.05, 4.69) is 4.98 Å². The van der Waals surface area contributed by atoms with Crippen molar-refractivity contribution in [3.8, 4) is 5.75 Å². The van der Waals surface area contributed by atoms with E-state index in [1.54, 1.807) is 18.2 Å². The zero-order valence-electron chi connectivity index (χ0n) is 19.5. The second-order valence-electron chi connectivity index (χ2n) is 8.42. The van der Waals surface area contributed by atoms with Crippen LogP contribution in [0.5, 0.6) is 5.75 Å². The van der Waals surface area contributed by atoms with Crippen molar-refractivity contribution in [1.29, 1.82) is 0 Å². The first-order valence-corrected chi connectivity index (χ1v) is 12.5. The molecule has 0 radical (unpaired) electrons.